The molecule has 0 saturated heterocycles. The monoisotopic (exact) mass is 297 g/mol. The highest BCUT2D eigenvalue weighted by atomic mass is 15.7. The Morgan fingerprint density at radius 2 is 2.14 bits per heavy atom. The number of hydrogen-bond acceptors (Lipinski definition) is 3. The van der Waals surface area contributed by atoms with Crippen LogP contribution in [0.2, 0.25) is 0 Å². The second kappa shape index (κ2) is 7.32. The molecule has 118 valence electrons. The van der Waals surface area contributed by atoms with Gasteiger partial charge in [0.25, 0.3) is 0 Å². The zero-order valence-corrected chi connectivity index (χ0v) is 13.9. The van der Waals surface area contributed by atoms with Gasteiger partial charge in [-0.3, -0.25) is 5.01 Å². The number of hydrogen-bond donors (Lipinski definition) is 2. The third kappa shape index (κ3) is 3.25. The van der Waals surface area contributed by atoms with Gasteiger partial charge < -0.3 is 5.43 Å². The van der Waals surface area contributed by atoms with Gasteiger partial charge in [0.05, 0.1) is 11.4 Å². The quantitative estimate of drug-likeness (QED) is 0.741. The molecule has 1 heterocycles. The summed E-state index contributed by atoms with van der Waals surface area (Å²) in [4.78, 5) is 0. The first-order valence-electron chi connectivity index (χ1n) is 7.99. The Balaban J connectivity index is 2.52. The molecule has 0 amide bonds. The second-order valence-corrected chi connectivity index (χ2v) is 5.79. The first kappa shape index (κ1) is 16.4. The van der Waals surface area contributed by atoms with Gasteiger partial charge in [-0.25, -0.2) is 0 Å². The van der Waals surface area contributed by atoms with E-state index in [-0.39, 0.29) is 0 Å². The van der Waals surface area contributed by atoms with Crippen molar-refractivity contribution in [2.24, 2.45) is 0 Å². The normalized spacial score (nSPS) is 26.0. The average Bonchev–Trinajstić information content (AvgIpc) is 2.93. The van der Waals surface area contributed by atoms with Crippen LogP contribution in [0.5, 0.6) is 0 Å². The van der Waals surface area contributed by atoms with E-state index in [0.717, 1.165) is 25.0 Å². The van der Waals surface area contributed by atoms with Crippen LogP contribution in [0.25, 0.3) is 0 Å². The minimum absolute atomic E-state index is 0.418. The average molecular weight is 297 g/mol. The van der Waals surface area contributed by atoms with Gasteiger partial charge in [0, 0.05) is 6.04 Å². The predicted molar refractivity (Wildman–Crippen MR) is 94.4 cm³/mol. The largest absolute Gasteiger partial charge is 0.301 e. The summed E-state index contributed by atoms with van der Waals surface area (Å²) in [5.41, 5.74) is 12.9. The maximum Gasteiger partial charge on any atom is 0.0791 e. The van der Waals surface area contributed by atoms with Crippen molar-refractivity contribution in [1.82, 2.24) is 16.0 Å². The summed E-state index contributed by atoms with van der Waals surface area (Å²) >= 11 is 0. The zero-order valence-electron chi connectivity index (χ0n) is 13.9. The maximum absolute atomic E-state index is 3.97. The van der Waals surface area contributed by atoms with Gasteiger partial charge in [-0.15, -0.1) is 5.53 Å². The van der Waals surface area contributed by atoms with E-state index in [1.54, 1.807) is 0 Å². The van der Waals surface area contributed by atoms with Crippen molar-refractivity contribution in [3.63, 3.8) is 0 Å². The fourth-order valence-corrected chi connectivity index (χ4v) is 2.75. The Hall–Kier alpha value is -2.00. The predicted octanol–water partition coefficient (Wildman–Crippen LogP) is 4.29. The van der Waals surface area contributed by atoms with Gasteiger partial charge in [-0.2, -0.15) is 0 Å². The number of rotatable bonds is 5. The molecule has 2 rings (SSSR count). The number of allylic oxidation sites excluding steroid dienone is 8. The minimum Gasteiger partial charge on any atom is -0.301 e. The molecule has 0 aromatic heterocycles. The van der Waals surface area contributed by atoms with Gasteiger partial charge in [0.15, 0.2) is 0 Å². The Labute approximate surface area is 134 Å². The van der Waals surface area contributed by atoms with Crippen LogP contribution in [-0.4, -0.2) is 11.1 Å². The standard InChI is InChI=1S/C19H27N3/c1-6-9-10-17-12-11-16(8-3)13-18-19(15(17)5)20-21-22(18)14(4)7-2/h6,8-10,13-14,20-21H,1,3,7,11-12H2,2,4-5H3/b10-9-,16-13-,17-15-. The second-order valence-electron chi connectivity index (χ2n) is 5.79. The topological polar surface area (TPSA) is 27.3 Å². The van der Waals surface area contributed by atoms with Gasteiger partial charge in [-0.05, 0) is 55.9 Å². The van der Waals surface area contributed by atoms with Gasteiger partial charge in [-0.1, -0.05) is 44.4 Å². The number of hydrazine groups is 2. The lowest BCUT2D eigenvalue weighted by molar-refractivity contribution is 0.191. The molecule has 1 aliphatic heterocycles. The summed E-state index contributed by atoms with van der Waals surface area (Å²) in [7, 11) is 0. The van der Waals surface area contributed by atoms with E-state index < -0.39 is 0 Å². The van der Waals surface area contributed by atoms with Crippen molar-refractivity contribution in [2.75, 3.05) is 0 Å². The molecule has 1 aliphatic carbocycles. The highest BCUT2D eigenvalue weighted by Gasteiger charge is 2.26. The lowest BCUT2D eigenvalue weighted by atomic mass is 9.94. The zero-order chi connectivity index (χ0) is 16.1. The van der Waals surface area contributed by atoms with E-state index in [1.807, 2.05) is 18.2 Å². The van der Waals surface area contributed by atoms with Crippen LogP contribution in [0.1, 0.15) is 40.0 Å². The molecule has 1 unspecified atom stereocenters. The summed E-state index contributed by atoms with van der Waals surface area (Å²) in [6.45, 7) is 14.3. The molecule has 3 heteroatoms. The molecule has 0 fully saturated rings. The highest BCUT2D eigenvalue weighted by Crippen LogP contribution is 2.31. The molecule has 22 heavy (non-hydrogen) atoms. The van der Waals surface area contributed by atoms with Crippen molar-refractivity contribution < 1.29 is 0 Å². The van der Waals surface area contributed by atoms with Crippen LogP contribution in [-0.2, 0) is 0 Å². The SMILES string of the molecule is C=C/C=C\C1=C(/C)C2=C(/C=C(/C=C)CC1)N(C(C)CC)NN2. The molecule has 0 bridgehead atoms. The summed E-state index contributed by atoms with van der Waals surface area (Å²) in [6, 6.07) is 0.418. The van der Waals surface area contributed by atoms with E-state index in [1.165, 1.54) is 22.4 Å². The van der Waals surface area contributed by atoms with Crippen LogP contribution >= 0.6 is 0 Å². The Kier molecular flexibility index (Phi) is 5.45. The maximum atomic E-state index is 3.97. The summed E-state index contributed by atoms with van der Waals surface area (Å²) in [6.07, 6.45) is 13.3. The first-order chi connectivity index (χ1) is 10.6. The summed E-state index contributed by atoms with van der Waals surface area (Å²) in [5, 5.41) is 2.21. The molecule has 2 aliphatic rings. The van der Waals surface area contributed by atoms with E-state index in [0.29, 0.717) is 6.04 Å². The lowest BCUT2D eigenvalue weighted by Gasteiger charge is -2.26. The molecule has 0 aromatic carbocycles. The molecule has 1 atom stereocenters. The van der Waals surface area contributed by atoms with Crippen LogP contribution in [0, 0.1) is 0 Å². The third-order valence-corrected chi connectivity index (χ3v) is 4.41. The van der Waals surface area contributed by atoms with Gasteiger partial charge >= 0.3 is 0 Å². The number of nitrogens with zero attached hydrogens (tertiary/aromatic N) is 1. The molecule has 0 radical (unpaired) electrons. The molecule has 3 nitrogen and oxygen atoms in total. The van der Waals surface area contributed by atoms with Crippen molar-refractivity contribution >= 4 is 0 Å². The van der Waals surface area contributed by atoms with Crippen LogP contribution in [0.3, 0.4) is 0 Å². The fourth-order valence-electron chi connectivity index (χ4n) is 2.75. The summed E-state index contributed by atoms with van der Waals surface area (Å²) in [5.74, 6) is 0. The Morgan fingerprint density at radius 1 is 1.36 bits per heavy atom. The van der Waals surface area contributed by atoms with Gasteiger partial charge in [0.1, 0.15) is 0 Å². The Morgan fingerprint density at radius 3 is 2.77 bits per heavy atom. The van der Waals surface area contributed by atoms with Crippen molar-refractivity contribution in [1.29, 1.82) is 0 Å². The summed E-state index contributed by atoms with van der Waals surface area (Å²) < 4.78 is 0. The van der Waals surface area contributed by atoms with Crippen molar-refractivity contribution in [3.8, 4) is 0 Å². The minimum atomic E-state index is 0.418. The molecule has 0 spiro atoms. The van der Waals surface area contributed by atoms with E-state index in [4.69, 9.17) is 0 Å². The van der Waals surface area contributed by atoms with E-state index in [9.17, 15) is 0 Å². The lowest BCUT2D eigenvalue weighted by Crippen LogP contribution is -2.43. The van der Waals surface area contributed by atoms with E-state index >= 15 is 0 Å². The number of nitrogens with one attached hydrogen (secondary N) is 2. The molecular weight excluding hydrogens is 270 g/mol. The van der Waals surface area contributed by atoms with Crippen molar-refractivity contribution in [2.45, 2.75) is 46.1 Å². The van der Waals surface area contributed by atoms with Crippen molar-refractivity contribution in [3.05, 3.63) is 71.7 Å². The van der Waals surface area contributed by atoms with Gasteiger partial charge in [0.2, 0.25) is 0 Å². The Bertz CT molecular complexity index is 575. The smallest absolute Gasteiger partial charge is 0.0791 e. The molecule has 2 N–H and O–H groups in total. The third-order valence-electron chi connectivity index (χ3n) is 4.41. The van der Waals surface area contributed by atoms with E-state index in [2.05, 4.69) is 62.1 Å². The fraction of sp³-hybridized carbons (Fsp3) is 0.368. The highest BCUT2D eigenvalue weighted by molar-refractivity contribution is 5.48. The molecule has 0 saturated carbocycles. The van der Waals surface area contributed by atoms with Crippen LogP contribution in [0.4, 0.5) is 0 Å². The molecule has 0 aromatic rings. The van der Waals surface area contributed by atoms with Crippen LogP contribution < -0.4 is 11.0 Å². The van der Waals surface area contributed by atoms with Crippen LogP contribution in [0.15, 0.2) is 71.7 Å². The molecular formula is C19H27N3. The first-order valence-corrected chi connectivity index (χ1v) is 7.99.